The molecule has 0 aliphatic carbocycles. The number of hydrogen-bond donors (Lipinski definition) is 2. The van der Waals surface area contributed by atoms with E-state index in [1.54, 1.807) is 0 Å². The molecule has 0 radical (unpaired) electrons. The van der Waals surface area contributed by atoms with Crippen molar-refractivity contribution in [3.63, 3.8) is 0 Å². The molecule has 0 spiro atoms. The lowest BCUT2D eigenvalue weighted by atomic mass is 10.1. The summed E-state index contributed by atoms with van der Waals surface area (Å²) in [7, 11) is -2.27. The van der Waals surface area contributed by atoms with Gasteiger partial charge in [0.15, 0.2) is 0 Å². The molecule has 2 rings (SSSR count). The summed E-state index contributed by atoms with van der Waals surface area (Å²) in [5.41, 5.74) is -0.993. The van der Waals surface area contributed by atoms with Crippen LogP contribution in [0, 0.1) is 17.7 Å². The molecular formula is C21H19F4N3O4S. The fraction of sp³-hybridized carbons (Fsp3) is 0.238. The second kappa shape index (κ2) is 10.9. The zero-order valence-electron chi connectivity index (χ0n) is 17.5. The van der Waals surface area contributed by atoms with E-state index in [9.17, 15) is 30.8 Å². The van der Waals surface area contributed by atoms with Crippen molar-refractivity contribution in [2.45, 2.75) is 12.7 Å². The van der Waals surface area contributed by atoms with Gasteiger partial charge in [-0.1, -0.05) is 12.0 Å². The first-order valence-corrected chi connectivity index (χ1v) is 11.1. The number of benzene rings is 1. The maximum absolute atomic E-state index is 14.0. The van der Waals surface area contributed by atoms with Crippen LogP contribution in [0.4, 0.5) is 23.2 Å². The average molecular weight is 485 g/mol. The molecular weight excluding hydrogens is 466 g/mol. The molecule has 0 unspecified atom stereocenters. The summed E-state index contributed by atoms with van der Waals surface area (Å²) in [6.45, 7) is -0.0956. The van der Waals surface area contributed by atoms with E-state index < -0.39 is 33.6 Å². The average Bonchev–Trinajstić information content (AvgIpc) is 2.71. The Labute approximate surface area is 187 Å². The minimum atomic E-state index is -4.65. The van der Waals surface area contributed by atoms with E-state index in [4.69, 9.17) is 4.74 Å². The Morgan fingerprint density at radius 1 is 1.24 bits per heavy atom. The molecule has 176 valence electrons. The van der Waals surface area contributed by atoms with Gasteiger partial charge in [-0.15, -0.1) is 0 Å². The standard InChI is InChI=1S/C21H19F4N3O4S/c1-32-11-3-4-17-15(6-9-19(27-17)21(23,24)25)7-10-20(29)26-13-14-5-8-18(16(22)12-14)28-33(2,30)31/h5-10,12,28H,11,13H2,1-2H3,(H,26,29)/b10-7+. The number of halogens is 4. The zero-order chi connectivity index (χ0) is 24.6. The van der Waals surface area contributed by atoms with Gasteiger partial charge in [0.2, 0.25) is 15.9 Å². The number of hydrogen-bond acceptors (Lipinski definition) is 5. The Morgan fingerprint density at radius 2 is 1.97 bits per heavy atom. The number of carbonyl (C=O) groups excluding carboxylic acids is 1. The number of sulfonamides is 1. The van der Waals surface area contributed by atoms with Crippen LogP contribution in [0.2, 0.25) is 0 Å². The Morgan fingerprint density at radius 3 is 2.58 bits per heavy atom. The minimum Gasteiger partial charge on any atom is -0.372 e. The fourth-order valence-corrected chi connectivity index (χ4v) is 2.98. The Hall–Kier alpha value is -3.43. The first-order valence-electron chi connectivity index (χ1n) is 9.17. The molecule has 7 nitrogen and oxygen atoms in total. The molecule has 0 fully saturated rings. The highest BCUT2D eigenvalue weighted by Gasteiger charge is 2.32. The van der Waals surface area contributed by atoms with Gasteiger partial charge in [-0.2, -0.15) is 13.2 Å². The van der Waals surface area contributed by atoms with E-state index in [0.29, 0.717) is 5.56 Å². The molecule has 0 aliphatic rings. The maximum atomic E-state index is 14.0. The highest BCUT2D eigenvalue weighted by Crippen LogP contribution is 2.28. The molecule has 0 bridgehead atoms. The molecule has 1 aromatic heterocycles. The van der Waals surface area contributed by atoms with Crippen LogP contribution in [0.25, 0.3) is 6.08 Å². The maximum Gasteiger partial charge on any atom is 0.433 e. The molecule has 12 heteroatoms. The Bertz CT molecular complexity index is 1220. The number of methoxy groups -OCH3 is 1. The highest BCUT2D eigenvalue weighted by atomic mass is 32.2. The van der Waals surface area contributed by atoms with Crippen LogP contribution in [0.5, 0.6) is 0 Å². The predicted octanol–water partition coefficient (Wildman–Crippen LogP) is 2.94. The number of aromatic nitrogens is 1. The van der Waals surface area contributed by atoms with Gasteiger partial charge in [0.05, 0.1) is 11.9 Å². The van der Waals surface area contributed by atoms with Crippen LogP contribution < -0.4 is 10.0 Å². The van der Waals surface area contributed by atoms with Gasteiger partial charge >= 0.3 is 6.18 Å². The smallest absolute Gasteiger partial charge is 0.372 e. The molecule has 0 aliphatic heterocycles. The Balaban J connectivity index is 2.11. The van der Waals surface area contributed by atoms with Crippen LogP contribution in [0.3, 0.4) is 0 Å². The number of nitrogens with one attached hydrogen (secondary N) is 2. The molecule has 1 heterocycles. The zero-order valence-corrected chi connectivity index (χ0v) is 18.3. The quantitative estimate of drug-likeness (QED) is 0.357. The van der Waals surface area contributed by atoms with Crippen LogP contribution in [0.15, 0.2) is 36.4 Å². The molecule has 0 atom stereocenters. The van der Waals surface area contributed by atoms with E-state index in [1.165, 1.54) is 25.3 Å². The lowest BCUT2D eigenvalue weighted by molar-refractivity contribution is -0.141. The number of anilines is 1. The fourth-order valence-electron chi connectivity index (χ4n) is 2.42. The molecule has 1 aromatic carbocycles. The lowest BCUT2D eigenvalue weighted by Crippen LogP contribution is -2.20. The number of rotatable bonds is 7. The van der Waals surface area contributed by atoms with Gasteiger partial charge in [0.25, 0.3) is 0 Å². The summed E-state index contributed by atoms with van der Waals surface area (Å²) in [6.07, 6.45) is -1.45. The largest absolute Gasteiger partial charge is 0.433 e. The topological polar surface area (TPSA) is 97.4 Å². The third kappa shape index (κ3) is 8.55. The molecule has 1 amide bonds. The number of carbonyl (C=O) groups is 1. The number of nitrogens with zero attached hydrogens (tertiary/aromatic N) is 1. The van der Waals surface area contributed by atoms with Crippen LogP contribution in [0.1, 0.15) is 22.5 Å². The molecule has 33 heavy (non-hydrogen) atoms. The summed E-state index contributed by atoms with van der Waals surface area (Å²) in [4.78, 5) is 15.6. The minimum absolute atomic E-state index is 0.0172. The number of alkyl halides is 3. The van der Waals surface area contributed by atoms with Gasteiger partial charge in [-0.25, -0.2) is 17.8 Å². The second-order valence-corrected chi connectivity index (χ2v) is 8.35. The lowest BCUT2D eigenvalue weighted by Gasteiger charge is -2.08. The van der Waals surface area contributed by atoms with Crippen LogP contribution >= 0.6 is 0 Å². The van der Waals surface area contributed by atoms with Crippen molar-refractivity contribution in [3.8, 4) is 11.8 Å². The van der Waals surface area contributed by atoms with E-state index in [0.717, 1.165) is 30.5 Å². The number of amides is 1. The van der Waals surface area contributed by atoms with Gasteiger partial charge < -0.3 is 10.1 Å². The molecule has 2 aromatic rings. The number of pyridine rings is 1. The Kier molecular flexibility index (Phi) is 8.56. The monoisotopic (exact) mass is 485 g/mol. The van der Waals surface area contributed by atoms with Gasteiger partial charge in [0.1, 0.15) is 23.8 Å². The summed E-state index contributed by atoms with van der Waals surface area (Å²) in [5, 5.41) is 2.48. The van der Waals surface area contributed by atoms with Crippen molar-refractivity contribution < 1.29 is 35.5 Å². The molecule has 2 N–H and O–H groups in total. The summed E-state index contributed by atoms with van der Waals surface area (Å²) in [5.74, 6) is 3.56. The van der Waals surface area contributed by atoms with Gasteiger partial charge in [-0.3, -0.25) is 9.52 Å². The second-order valence-electron chi connectivity index (χ2n) is 6.61. The van der Waals surface area contributed by atoms with Crippen molar-refractivity contribution >= 4 is 27.7 Å². The SMILES string of the molecule is COCC#Cc1nc(C(F)(F)F)ccc1/C=C/C(=O)NCc1ccc(NS(C)(=O)=O)c(F)c1. The van der Waals surface area contributed by atoms with Crippen LogP contribution in [-0.4, -0.2) is 39.3 Å². The van der Waals surface area contributed by atoms with Gasteiger partial charge in [0, 0.05) is 25.3 Å². The van der Waals surface area contributed by atoms with Crippen molar-refractivity contribution in [1.82, 2.24) is 10.3 Å². The van der Waals surface area contributed by atoms with Crippen molar-refractivity contribution in [2.24, 2.45) is 0 Å². The van der Waals surface area contributed by atoms with Crippen molar-refractivity contribution in [3.05, 3.63) is 64.7 Å². The van der Waals surface area contributed by atoms with E-state index in [2.05, 4.69) is 22.1 Å². The van der Waals surface area contributed by atoms with Crippen molar-refractivity contribution in [2.75, 3.05) is 24.7 Å². The predicted molar refractivity (Wildman–Crippen MR) is 114 cm³/mol. The normalized spacial score (nSPS) is 11.7. The summed E-state index contributed by atoms with van der Waals surface area (Å²) < 4.78 is 81.9. The van der Waals surface area contributed by atoms with Crippen LogP contribution in [-0.2, 0) is 32.3 Å². The first kappa shape index (κ1) is 25.8. The summed E-state index contributed by atoms with van der Waals surface area (Å²) in [6, 6.07) is 5.60. The van der Waals surface area contributed by atoms with E-state index in [-0.39, 0.29) is 30.1 Å². The first-order chi connectivity index (χ1) is 15.4. The number of ether oxygens (including phenoxy) is 1. The highest BCUT2D eigenvalue weighted by molar-refractivity contribution is 7.92. The van der Waals surface area contributed by atoms with E-state index in [1.807, 2.05) is 4.72 Å². The molecule has 0 saturated carbocycles. The molecule has 0 saturated heterocycles. The van der Waals surface area contributed by atoms with Crippen molar-refractivity contribution in [1.29, 1.82) is 0 Å². The third-order valence-corrected chi connectivity index (χ3v) is 4.44. The van der Waals surface area contributed by atoms with Gasteiger partial charge in [-0.05, 0) is 41.8 Å². The summed E-state index contributed by atoms with van der Waals surface area (Å²) >= 11 is 0. The van der Waals surface area contributed by atoms with E-state index >= 15 is 0 Å². The third-order valence-electron chi connectivity index (χ3n) is 3.85.